The quantitative estimate of drug-likeness (QED) is 0.402. The summed E-state index contributed by atoms with van der Waals surface area (Å²) in [6.07, 6.45) is 1.13. The summed E-state index contributed by atoms with van der Waals surface area (Å²) in [5, 5.41) is 0. The number of hydrogen-bond donors (Lipinski definition) is 0. The van der Waals surface area contributed by atoms with E-state index >= 15 is 0 Å². The highest BCUT2D eigenvalue weighted by Gasteiger charge is 1.95. The second kappa shape index (κ2) is 12.4. The maximum atomic E-state index is 10.4. The first-order valence-electron chi connectivity index (χ1n) is 5.10. The van der Waals surface area contributed by atoms with Gasteiger partial charge in [0.1, 0.15) is 6.61 Å². The monoisotopic (exact) mass is 244 g/mol. The molecule has 0 N–H and O–H groups in total. The third-order valence-electron chi connectivity index (χ3n) is 1.38. The van der Waals surface area contributed by atoms with Gasteiger partial charge in [-0.3, -0.25) is 0 Å². The summed E-state index contributed by atoms with van der Waals surface area (Å²) in [7, 11) is 1.33. The highest BCUT2D eigenvalue weighted by molar-refractivity contribution is 5.86. The van der Waals surface area contributed by atoms with E-state index in [1.165, 1.54) is 7.11 Å². The summed E-state index contributed by atoms with van der Waals surface area (Å²) in [6.45, 7) is 11.5. The van der Waals surface area contributed by atoms with Gasteiger partial charge in [-0.2, -0.15) is 0 Å². The van der Waals surface area contributed by atoms with Crippen LogP contribution in [0.4, 0.5) is 0 Å². The lowest BCUT2D eigenvalue weighted by atomic mass is 10.4. The predicted molar refractivity (Wildman–Crippen MR) is 64.5 cm³/mol. The van der Waals surface area contributed by atoms with Crippen LogP contribution in [-0.4, -0.2) is 38.9 Å². The van der Waals surface area contributed by atoms with Crippen molar-refractivity contribution >= 4 is 11.9 Å². The molecule has 5 nitrogen and oxygen atoms in total. The Hall–Kier alpha value is -1.62. The van der Waals surface area contributed by atoms with E-state index in [9.17, 15) is 9.59 Å². The summed E-state index contributed by atoms with van der Waals surface area (Å²) in [6, 6.07) is 0. The topological polar surface area (TPSA) is 61.8 Å². The first-order chi connectivity index (χ1) is 7.99. The van der Waals surface area contributed by atoms with Gasteiger partial charge in [0.2, 0.25) is 0 Å². The maximum absolute atomic E-state index is 10.4. The summed E-state index contributed by atoms with van der Waals surface area (Å²) < 4.78 is 13.8. The Morgan fingerprint density at radius 2 is 1.88 bits per heavy atom. The Labute approximate surface area is 102 Å². The predicted octanol–water partition coefficient (Wildman–Crippen LogP) is 1.49. The average Bonchev–Trinajstić information content (AvgIpc) is 2.33. The van der Waals surface area contributed by atoms with E-state index in [0.717, 1.165) is 6.08 Å². The minimum Gasteiger partial charge on any atom is -0.466 e. The third-order valence-corrected chi connectivity index (χ3v) is 1.38. The number of carbonyl (C=O) groups excluding carboxylic acids is 2. The minimum atomic E-state index is -0.403. The molecule has 0 fully saturated rings. The molecule has 0 rings (SSSR count). The van der Waals surface area contributed by atoms with Gasteiger partial charge in [-0.25, -0.2) is 9.59 Å². The van der Waals surface area contributed by atoms with Gasteiger partial charge >= 0.3 is 11.9 Å². The normalized spacial score (nSPS) is 8.41. The largest absolute Gasteiger partial charge is 0.466 e. The van der Waals surface area contributed by atoms with Crippen LogP contribution in [0.2, 0.25) is 0 Å². The van der Waals surface area contributed by atoms with Gasteiger partial charge in [-0.1, -0.05) is 13.2 Å². The molecule has 0 aromatic carbocycles. The zero-order valence-electron chi connectivity index (χ0n) is 10.7. The smallest absolute Gasteiger partial charge is 0.332 e. The molecule has 0 aliphatic heterocycles. The van der Waals surface area contributed by atoms with Crippen LogP contribution in [0.1, 0.15) is 13.8 Å². The molecule has 0 radical (unpaired) electrons. The van der Waals surface area contributed by atoms with Crippen LogP contribution in [0.5, 0.6) is 0 Å². The molecule has 0 heterocycles. The van der Waals surface area contributed by atoms with Gasteiger partial charge in [-0.05, 0) is 13.8 Å². The lowest BCUT2D eigenvalue weighted by Crippen LogP contribution is -2.07. The molecular formula is C12H20O5. The van der Waals surface area contributed by atoms with E-state index < -0.39 is 5.97 Å². The fraction of sp³-hybridized carbons (Fsp3) is 0.500. The van der Waals surface area contributed by atoms with E-state index in [-0.39, 0.29) is 5.97 Å². The molecule has 17 heavy (non-hydrogen) atoms. The van der Waals surface area contributed by atoms with Gasteiger partial charge in [0, 0.05) is 18.3 Å². The molecule has 5 heteroatoms. The summed E-state index contributed by atoms with van der Waals surface area (Å²) >= 11 is 0. The third kappa shape index (κ3) is 14.4. The zero-order chi connectivity index (χ0) is 13.7. The Bertz CT molecular complexity index is 258. The van der Waals surface area contributed by atoms with Crippen LogP contribution in [0, 0.1) is 0 Å². The molecule has 0 aliphatic carbocycles. The SMILES string of the molecule is C=C(C)C(=O)OC.C=CC(=O)OCCOCC. The van der Waals surface area contributed by atoms with Gasteiger partial charge in [0.15, 0.2) is 0 Å². The fourth-order valence-electron chi connectivity index (χ4n) is 0.579. The molecule has 0 unspecified atom stereocenters. The van der Waals surface area contributed by atoms with Crippen LogP contribution < -0.4 is 0 Å². The second-order valence-electron chi connectivity index (χ2n) is 2.84. The summed E-state index contributed by atoms with van der Waals surface area (Å²) in [5.41, 5.74) is 0.433. The average molecular weight is 244 g/mol. The van der Waals surface area contributed by atoms with Gasteiger partial charge < -0.3 is 14.2 Å². The van der Waals surface area contributed by atoms with Crippen molar-refractivity contribution in [2.45, 2.75) is 13.8 Å². The second-order valence-corrected chi connectivity index (χ2v) is 2.84. The molecule has 0 spiro atoms. The van der Waals surface area contributed by atoms with Crippen molar-refractivity contribution in [2.24, 2.45) is 0 Å². The van der Waals surface area contributed by atoms with Crippen LogP contribution in [-0.2, 0) is 23.8 Å². The first kappa shape index (κ1) is 17.8. The van der Waals surface area contributed by atoms with Gasteiger partial charge in [-0.15, -0.1) is 0 Å². The number of methoxy groups -OCH3 is 1. The number of hydrogen-bond acceptors (Lipinski definition) is 5. The molecule has 0 amide bonds. The van der Waals surface area contributed by atoms with Gasteiger partial charge in [0.05, 0.1) is 13.7 Å². The molecule has 0 aromatic rings. The standard InChI is InChI=1S/C7H12O3.C5H8O2/c1-3-7(8)10-6-5-9-4-2;1-4(2)5(6)7-3/h3H,1,4-6H2,2H3;1H2,2-3H3. The van der Waals surface area contributed by atoms with E-state index in [2.05, 4.69) is 22.6 Å². The summed E-state index contributed by atoms with van der Waals surface area (Å²) in [5.74, 6) is -0.750. The van der Waals surface area contributed by atoms with Crippen molar-refractivity contribution in [3.8, 4) is 0 Å². The Morgan fingerprint density at radius 3 is 2.18 bits per heavy atom. The minimum absolute atomic E-state index is 0.304. The Balaban J connectivity index is 0. The number of carbonyl (C=O) groups is 2. The number of esters is 2. The van der Waals surface area contributed by atoms with Crippen LogP contribution in [0.3, 0.4) is 0 Å². The van der Waals surface area contributed by atoms with Crippen LogP contribution >= 0.6 is 0 Å². The Morgan fingerprint density at radius 1 is 1.29 bits per heavy atom. The van der Waals surface area contributed by atoms with Crippen molar-refractivity contribution in [1.82, 2.24) is 0 Å². The van der Waals surface area contributed by atoms with Crippen molar-refractivity contribution in [2.75, 3.05) is 26.9 Å². The molecular weight excluding hydrogens is 224 g/mol. The van der Waals surface area contributed by atoms with Crippen molar-refractivity contribution in [3.63, 3.8) is 0 Å². The van der Waals surface area contributed by atoms with E-state index in [0.29, 0.717) is 25.4 Å². The molecule has 0 aliphatic rings. The zero-order valence-corrected chi connectivity index (χ0v) is 10.7. The van der Waals surface area contributed by atoms with E-state index in [1.807, 2.05) is 6.92 Å². The van der Waals surface area contributed by atoms with E-state index in [1.54, 1.807) is 6.92 Å². The number of rotatable bonds is 6. The van der Waals surface area contributed by atoms with E-state index in [4.69, 9.17) is 4.74 Å². The van der Waals surface area contributed by atoms with Crippen molar-refractivity contribution in [3.05, 3.63) is 24.8 Å². The molecule has 0 aromatic heterocycles. The van der Waals surface area contributed by atoms with Gasteiger partial charge in [0.25, 0.3) is 0 Å². The lowest BCUT2D eigenvalue weighted by molar-refractivity contribution is -0.139. The van der Waals surface area contributed by atoms with Crippen LogP contribution in [0.15, 0.2) is 24.8 Å². The lowest BCUT2D eigenvalue weighted by Gasteiger charge is -2.00. The molecule has 0 saturated carbocycles. The summed E-state index contributed by atoms with van der Waals surface area (Å²) in [4.78, 5) is 20.6. The highest BCUT2D eigenvalue weighted by atomic mass is 16.6. The first-order valence-corrected chi connectivity index (χ1v) is 5.10. The molecule has 0 saturated heterocycles. The fourth-order valence-corrected chi connectivity index (χ4v) is 0.579. The highest BCUT2D eigenvalue weighted by Crippen LogP contribution is 1.87. The van der Waals surface area contributed by atoms with Crippen molar-refractivity contribution in [1.29, 1.82) is 0 Å². The number of ether oxygens (including phenoxy) is 3. The molecule has 0 bridgehead atoms. The maximum Gasteiger partial charge on any atom is 0.332 e. The van der Waals surface area contributed by atoms with Crippen molar-refractivity contribution < 1.29 is 23.8 Å². The molecule has 98 valence electrons. The molecule has 0 atom stereocenters. The Kier molecular flexibility index (Phi) is 13.0. The van der Waals surface area contributed by atoms with Crippen LogP contribution in [0.25, 0.3) is 0 Å².